The highest BCUT2D eigenvalue weighted by atomic mass is 32.1. The van der Waals surface area contributed by atoms with Crippen LogP contribution in [0.4, 0.5) is 0 Å². The molecule has 0 atom stereocenters. The van der Waals surface area contributed by atoms with Crippen LogP contribution in [0.3, 0.4) is 0 Å². The summed E-state index contributed by atoms with van der Waals surface area (Å²) >= 11 is 1.50. The van der Waals surface area contributed by atoms with Crippen molar-refractivity contribution >= 4 is 17.6 Å². The molecule has 1 aliphatic rings. The second kappa shape index (κ2) is 2.41. The van der Waals surface area contributed by atoms with E-state index in [4.69, 9.17) is 0 Å². The number of hydrogen-bond donors (Lipinski definition) is 0. The lowest BCUT2D eigenvalue weighted by Gasteiger charge is -1.88. The number of carbonyl (C=O) groups excluding carboxylic acids is 1. The normalized spacial score (nSPS) is 16.8. The highest BCUT2D eigenvalue weighted by Crippen LogP contribution is 2.41. The lowest BCUT2D eigenvalue weighted by Crippen LogP contribution is -1.84. The number of thiazole rings is 1. The number of aromatic nitrogens is 1. The Morgan fingerprint density at radius 2 is 2.36 bits per heavy atom. The molecule has 0 N–H and O–H groups in total. The molecule has 0 aliphatic heterocycles. The van der Waals surface area contributed by atoms with E-state index in [9.17, 15) is 4.79 Å². The average molecular weight is 167 g/mol. The fourth-order valence-corrected chi connectivity index (χ4v) is 2.02. The van der Waals surface area contributed by atoms with Gasteiger partial charge in [0.15, 0.2) is 6.29 Å². The SMILES string of the molecule is Cc1nc(C2CC2)c(C=O)s1. The Bertz CT molecular complexity index is 288. The van der Waals surface area contributed by atoms with E-state index in [0.29, 0.717) is 5.92 Å². The zero-order valence-electron chi connectivity index (χ0n) is 6.33. The molecule has 11 heavy (non-hydrogen) atoms. The molecule has 1 heterocycles. The minimum absolute atomic E-state index is 0.597. The molecule has 0 aromatic carbocycles. The molecule has 2 nitrogen and oxygen atoms in total. The quantitative estimate of drug-likeness (QED) is 0.632. The Morgan fingerprint density at radius 1 is 1.64 bits per heavy atom. The van der Waals surface area contributed by atoms with Gasteiger partial charge in [-0.3, -0.25) is 4.79 Å². The topological polar surface area (TPSA) is 30.0 Å². The zero-order chi connectivity index (χ0) is 7.84. The molecule has 1 saturated carbocycles. The highest BCUT2D eigenvalue weighted by Gasteiger charge is 2.28. The van der Waals surface area contributed by atoms with Crippen molar-refractivity contribution in [3.63, 3.8) is 0 Å². The molecular weight excluding hydrogens is 158 g/mol. The van der Waals surface area contributed by atoms with Crippen LogP contribution in [-0.2, 0) is 0 Å². The third kappa shape index (κ3) is 1.20. The third-order valence-corrected chi connectivity index (χ3v) is 2.77. The van der Waals surface area contributed by atoms with E-state index < -0.39 is 0 Å². The molecule has 1 aromatic heterocycles. The number of carbonyl (C=O) groups is 1. The fraction of sp³-hybridized carbons (Fsp3) is 0.500. The van der Waals surface area contributed by atoms with Crippen molar-refractivity contribution < 1.29 is 4.79 Å². The molecule has 0 amide bonds. The van der Waals surface area contributed by atoms with Gasteiger partial charge in [0.2, 0.25) is 0 Å². The van der Waals surface area contributed by atoms with Crippen LogP contribution in [-0.4, -0.2) is 11.3 Å². The second-order valence-corrected chi connectivity index (χ2v) is 4.11. The van der Waals surface area contributed by atoms with Gasteiger partial charge in [0.1, 0.15) is 0 Å². The molecular formula is C8H9NOS. The van der Waals surface area contributed by atoms with E-state index in [2.05, 4.69) is 4.98 Å². The molecule has 1 aliphatic carbocycles. The van der Waals surface area contributed by atoms with E-state index >= 15 is 0 Å². The third-order valence-electron chi connectivity index (χ3n) is 1.86. The molecule has 0 spiro atoms. The lowest BCUT2D eigenvalue weighted by molar-refractivity contribution is 0.112. The summed E-state index contributed by atoms with van der Waals surface area (Å²) in [6.07, 6.45) is 3.35. The van der Waals surface area contributed by atoms with Crippen molar-refractivity contribution in [2.24, 2.45) is 0 Å². The minimum Gasteiger partial charge on any atom is -0.297 e. The first kappa shape index (κ1) is 6.98. The van der Waals surface area contributed by atoms with Crippen LogP contribution < -0.4 is 0 Å². The predicted octanol–water partition coefficient (Wildman–Crippen LogP) is 2.14. The summed E-state index contributed by atoms with van der Waals surface area (Å²) in [5, 5.41) is 1.01. The van der Waals surface area contributed by atoms with Crippen LogP contribution in [0.5, 0.6) is 0 Å². The van der Waals surface area contributed by atoms with Crippen molar-refractivity contribution in [1.29, 1.82) is 0 Å². The van der Waals surface area contributed by atoms with Crippen molar-refractivity contribution in [3.05, 3.63) is 15.6 Å². The summed E-state index contributed by atoms with van der Waals surface area (Å²) in [5.74, 6) is 0.597. The molecule has 58 valence electrons. The van der Waals surface area contributed by atoms with Crippen LogP contribution in [0, 0.1) is 6.92 Å². The summed E-state index contributed by atoms with van der Waals surface area (Å²) in [4.78, 5) is 15.7. The summed E-state index contributed by atoms with van der Waals surface area (Å²) < 4.78 is 0. The van der Waals surface area contributed by atoms with Crippen LogP contribution in [0.1, 0.15) is 39.1 Å². The van der Waals surface area contributed by atoms with Gasteiger partial charge in [0.25, 0.3) is 0 Å². The number of hydrogen-bond acceptors (Lipinski definition) is 3. The number of rotatable bonds is 2. The first-order chi connectivity index (χ1) is 5.31. The van der Waals surface area contributed by atoms with Crippen molar-refractivity contribution in [1.82, 2.24) is 4.98 Å². The average Bonchev–Trinajstić information content (AvgIpc) is 2.75. The van der Waals surface area contributed by atoms with Gasteiger partial charge < -0.3 is 0 Å². The molecule has 3 heteroatoms. The Labute approximate surface area is 69.3 Å². The molecule has 1 aromatic rings. The van der Waals surface area contributed by atoms with Crippen molar-refractivity contribution in [2.75, 3.05) is 0 Å². The second-order valence-electron chi connectivity index (χ2n) is 2.87. The van der Waals surface area contributed by atoms with Crippen LogP contribution >= 0.6 is 11.3 Å². The zero-order valence-corrected chi connectivity index (χ0v) is 7.15. The standard InChI is InChI=1S/C8H9NOS/c1-5-9-8(6-2-3-6)7(4-10)11-5/h4,6H,2-3H2,1H3. The first-order valence-corrected chi connectivity index (χ1v) is 4.55. The smallest absolute Gasteiger partial charge is 0.161 e. The molecule has 0 unspecified atom stereocenters. The maximum Gasteiger partial charge on any atom is 0.161 e. The maximum atomic E-state index is 10.5. The van der Waals surface area contributed by atoms with E-state index in [1.54, 1.807) is 0 Å². The molecule has 0 bridgehead atoms. The minimum atomic E-state index is 0.597. The lowest BCUT2D eigenvalue weighted by atomic mass is 10.3. The Kier molecular flexibility index (Phi) is 1.53. The van der Waals surface area contributed by atoms with E-state index in [1.807, 2.05) is 6.92 Å². The first-order valence-electron chi connectivity index (χ1n) is 3.74. The Hall–Kier alpha value is -0.700. The van der Waals surface area contributed by atoms with Crippen LogP contribution in [0.25, 0.3) is 0 Å². The van der Waals surface area contributed by atoms with Gasteiger partial charge in [-0.25, -0.2) is 4.98 Å². The van der Waals surface area contributed by atoms with Gasteiger partial charge in [-0.1, -0.05) is 0 Å². The summed E-state index contributed by atoms with van der Waals surface area (Å²) in [5.41, 5.74) is 1.04. The van der Waals surface area contributed by atoms with E-state index in [-0.39, 0.29) is 0 Å². The molecule has 0 radical (unpaired) electrons. The molecule has 0 saturated heterocycles. The van der Waals surface area contributed by atoms with Crippen LogP contribution in [0.15, 0.2) is 0 Å². The van der Waals surface area contributed by atoms with Crippen LogP contribution in [0.2, 0.25) is 0 Å². The van der Waals surface area contributed by atoms with Gasteiger partial charge in [0, 0.05) is 5.92 Å². The van der Waals surface area contributed by atoms with E-state index in [0.717, 1.165) is 21.9 Å². The molecule has 1 fully saturated rings. The van der Waals surface area contributed by atoms with Gasteiger partial charge in [-0.05, 0) is 19.8 Å². The summed E-state index contributed by atoms with van der Waals surface area (Å²) in [6.45, 7) is 1.95. The number of aldehydes is 1. The van der Waals surface area contributed by atoms with Crippen molar-refractivity contribution in [3.8, 4) is 0 Å². The Balaban J connectivity index is 2.41. The largest absolute Gasteiger partial charge is 0.297 e. The predicted molar refractivity (Wildman–Crippen MR) is 44.2 cm³/mol. The highest BCUT2D eigenvalue weighted by molar-refractivity contribution is 7.13. The molecule has 2 rings (SSSR count). The Morgan fingerprint density at radius 3 is 2.91 bits per heavy atom. The van der Waals surface area contributed by atoms with Gasteiger partial charge >= 0.3 is 0 Å². The number of aryl methyl sites for hydroxylation is 1. The van der Waals surface area contributed by atoms with Crippen molar-refractivity contribution in [2.45, 2.75) is 25.7 Å². The maximum absolute atomic E-state index is 10.5. The summed E-state index contributed by atoms with van der Waals surface area (Å²) in [6, 6.07) is 0. The summed E-state index contributed by atoms with van der Waals surface area (Å²) in [7, 11) is 0. The van der Waals surface area contributed by atoms with E-state index in [1.165, 1.54) is 24.2 Å². The monoisotopic (exact) mass is 167 g/mol. The van der Waals surface area contributed by atoms with Gasteiger partial charge in [-0.2, -0.15) is 0 Å². The number of nitrogens with zero attached hydrogens (tertiary/aromatic N) is 1. The fourth-order valence-electron chi connectivity index (χ4n) is 1.19. The van der Waals surface area contributed by atoms with Gasteiger partial charge in [0.05, 0.1) is 15.6 Å². The van der Waals surface area contributed by atoms with Gasteiger partial charge in [-0.15, -0.1) is 11.3 Å².